The molecule has 0 saturated carbocycles. The van der Waals surface area contributed by atoms with E-state index in [1.54, 1.807) is 0 Å². The number of hydrogen-bond donors (Lipinski definition) is 0. The Kier molecular flexibility index (Phi) is 19.3. The van der Waals surface area contributed by atoms with E-state index in [4.69, 9.17) is 0 Å². The molecule has 0 atom stereocenters. The molecule has 3 heteroatoms. The Hall–Kier alpha value is 0.294. The largest absolute Gasteiger partial charge is 4.00 e. The molecule has 0 aliphatic carbocycles. The first-order chi connectivity index (χ1) is 7.33. The van der Waals surface area contributed by atoms with Gasteiger partial charge in [0.25, 0.3) is 0 Å². The van der Waals surface area contributed by atoms with Crippen molar-refractivity contribution in [2.45, 2.75) is 58.5 Å². The third-order valence-electron chi connectivity index (χ3n) is 3.04. The van der Waals surface area contributed by atoms with E-state index in [2.05, 4.69) is 41.5 Å². The summed E-state index contributed by atoms with van der Waals surface area (Å²) < 4.78 is 0. The van der Waals surface area contributed by atoms with E-state index in [1.165, 1.54) is 0 Å². The average Bonchev–Trinajstić information content (AvgIpc) is 2.73. The topological polar surface area (TPSA) is 22.3 Å². The quantitative estimate of drug-likeness (QED) is 0.355. The summed E-state index contributed by atoms with van der Waals surface area (Å²) in [7, 11) is -1.69. The fourth-order valence-corrected chi connectivity index (χ4v) is 5.69. The van der Waals surface area contributed by atoms with Crippen molar-refractivity contribution in [3.05, 3.63) is 50.3 Å². The smallest absolute Gasteiger partial charge is 0.807 e. The molecule has 0 heterocycles. The van der Waals surface area contributed by atoms with E-state index < -0.39 is 7.05 Å². The van der Waals surface area contributed by atoms with Gasteiger partial charge in [-0.1, -0.05) is 41.5 Å². The van der Waals surface area contributed by atoms with Crippen LogP contribution >= 0.6 is 7.05 Å². The standard InChI is InChI=1S/C9H21NP.C5H5.2CH3.Ti/c1-7(2)11(10,8(3)4)9(5)6;1-2-4-5-3-1;;;/h7-9H,1-6H3;1-5H;2*1H3;/q4*-1;+4. The summed E-state index contributed by atoms with van der Waals surface area (Å²) in [4.78, 5) is 0. The molecule has 0 fully saturated rings. The summed E-state index contributed by atoms with van der Waals surface area (Å²) in [6.45, 7) is 12.8. The van der Waals surface area contributed by atoms with Gasteiger partial charge in [-0.3, -0.25) is 0 Å². The maximum Gasteiger partial charge on any atom is 4.00 e. The Labute approximate surface area is 137 Å². The zero-order valence-corrected chi connectivity index (χ0v) is 16.5. The Bertz CT molecular complexity index is 257. The molecule has 110 valence electrons. The number of hydrogen-bond acceptors (Lipinski definition) is 0. The van der Waals surface area contributed by atoms with Gasteiger partial charge in [-0.05, 0) is 17.0 Å². The van der Waals surface area contributed by atoms with Gasteiger partial charge >= 0.3 is 21.7 Å². The molecule has 0 aliphatic heterocycles. The Morgan fingerprint density at radius 1 is 0.789 bits per heavy atom. The molecule has 1 nitrogen and oxygen atoms in total. The number of nitrogens with zero attached hydrogens (tertiary/aromatic N) is 1. The first-order valence-electron chi connectivity index (χ1n) is 6.11. The van der Waals surface area contributed by atoms with Crippen LogP contribution in [0.2, 0.25) is 0 Å². The first-order valence-corrected chi connectivity index (χ1v) is 8.05. The minimum absolute atomic E-state index is 0. The van der Waals surface area contributed by atoms with Crippen LogP contribution in [0, 0.1) is 14.9 Å². The van der Waals surface area contributed by atoms with Crippen LogP contribution in [0.1, 0.15) is 41.5 Å². The summed E-state index contributed by atoms with van der Waals surface area (Å²) in [6.07, 6.45) is 0. The van der Waals surface area contributed by atoms with Crippen LogP contribution in [0.15, 0.2) is 30.3 Å². The summed E-state index contributed by atoms with van der Waals surface area (Å²) in [5.41, 5.74) is 1.34. The van der Waals surface area contributed by atoms with Gasteiger partial charge in [-0.15, -0.1) is 0 Å². The molecule has 0 aliphatic rings. The second-order valence-electron chi connectivity index (χ2n) is 5.04. The van der Waals surface area contributed by atoms with Crippen molar-refractivity contribution < 1.29 is 21.7 Å². The van der Waals surface area contributed by atoms with Crippen LogP contribution in [0.25, 0.3) is 5.16 Å². The maximum absolute atomic E-state index is 10.4. The molecule has 0 spiro atoms. The van der Waals surface area contributed by atoms with Gasteiger partial charge in [-0.2, -0.15) is 18.2 Å². The molecule has 0 N–H and O–H groups in total. The van der Waals surface area contributed by atoms with Crippen molar-refractivity contribution in [1.29, 1.82) is 0 Å². The minimum atomic E-state index is -1.69. The normalized spacial score (nSPS) is 9.95. The van der Waals surface area contributed by atoms with E-state index in [-0.39, 0.29) is 36.6 Å². The SMILES string of the molecule is CC(C)P(=[N-])(C(C)C)C(C)C.[CH3-].[CH3-].[Ti+4].c1cc[cH-]c1. The van der Waals surface area contributed by atoms with Gasteiger partial charge in [0.2, 0.25) is 0 Å². The Balaban J connectivity index is -0.000000121. The van der Waals surface area contributed by atoms with Gasteiger partial charge < -0.3 is 20.0 Å². The van der Waals surface area contributed by atoms with Gasteiger partial charge in [0.15, 0.2) is 0 Å². The molecule has 0 bridgehead atoms. The third kappa shape index (κ3) is 8.95. The minimum Gasteiger partial charge on any atom is -0.807 e. The van der Waals surface area contributed by atoms with Crippen LogP contribution in [0.5, 0.6) is 0 Å². The molecule has 0 amide bonds. The summed E-state index contributed by atoms with van der Waals surface area (Å²) in [5, 5.41) is 10.4. The van der Waals surface area contributed by atoms with E-state index >= 15 is 0 Å². The summed E-state index contributed by atoms with van der Waals surface area (Å²) >= 11 is 0. The van der Waals surface area contributed by atoms with Crippen molar-refractivity contribution in [1.82, 2.24) is 0 Å². The zero-order valence-electron chi connectivity index (χ0n) is 14.0. The zero-order chi connectivity index (χ0) is 12.8. The third-order valence-corrected chi connectivity index (χ3v) is 8.00. The van der Waals surface area contributed by atoms with E-state index in [9.17, 15) is 5.16 Å². The molecule has 0 radical (unpaired) electrons. The second-order valence-corrected chi connectivity index (χ2v) is 9.72. The van der Waals surface area contributed by atoms with Gasteiger partial charge in [0.05, 0.1) is 0 Å². The van der Waals surface area contributed by atoms with Crippen LogP contribution in [0.3, 0.4) is 0 Å². The molecule has 1 aromatic rings. The van der Waals surface area contributed by atoms with Crippen LogP contribution < -0.4 is 0 Å². The van der Waals surface area contributed by atoms with E-state index in [0.29, 0.717) is 17.0 Å². The molecule has 0 saturated heterocycles. The fourth-order valence-electron chi connectivity index (χ4n) is 2.11. The van der Waals surface area contributed by atoms with Crippen LogP contribution in [-0.4, -0.2) is 17.0 Å². The second kappa shape index (κ2) is 13.3. The summed E-state index contributed by atoms with van der Waals surface area (Å²) in [6, 6.07) is 10.0. The van der Waals surface area contributed by atoms with Gasteiger partial charge in [-0.25, -0.2) is 19.2 Å². The van der Waals surface area contributed by atoms with Crippen molar-refractivity contribution >= 4 is 7.05 Å². The first kappa shape index (κ1) is 27.6. The Morgan fingerprint density at radius 2 is 1.05 bits per heavy atom. The van der Waals surface area contributed by atoms with E-state index in [1.807, 2.05) is 30.3 Å². The van der Waals surface area contributed by atoms with Crippen molar-refractivity contribution in [2.24, 2.45) is 0 Å². The molecular weight excluding hydrogens is 285 g/mol. The number of rotatable bonds is 3. The van der Waals surface area contributed by atoms with Crippen molar-refractivity contribution in [3.8, 4) is 0 Å². The summed E-state index contributed by atoms with van der Waals surface area (Å²) in [5.74, 6) is 0. The molecule has 1 aromatic carbocycles. The van der Waals surface area contributed by atoms with Crippen molar-refractivity contribution in [2.75, 3.05) is 0 Å². The van der Waals surface area contributed by atoms with Crippen LogP contribution in [0.4, 0.5) is 0 Å². The van der Waals surface area contributed by atoms with Crippen LogP contribution in [-0.2, 0) is 21.7 Å². The van der Waals surface area contributed by atoms with Gasteiger partial charge in [0, 0.05) is 0 Å². The molecule has 1 rings (SSSR count). The molecule has 0 aromatic heterocycles. The molecule has 0 unspecified atom stereocenters. The van der Waals surface area contributed by atoms with Gasteiger partial charge in [0.1, 0.15) is 0 Å². The predicted octanol–water partition coefficient (Wildman–Crippen LogP) is 6.29. The average molecular weight is 317 g/mol. The maximum atomic E-state index is 10.4. The fraction of sp³-hybridized carbons (Fsp3) is 0.562. The molecular formula is C16H32NPTi. The molecule has 19 heavy (non-hydrogen) atoms. The predicted molar refractivity (Wildman–Crippen MR) is 90.6 cm³/mol. The van der Waals surface area contributed by atoms with Crippen molar-refractivity contribution in [3.63, 3.8) is 0 Å². The Morgan fingerprint density at radius 3 is 1.11 bits per heavy atom. The monoisotopic (exact) mass is 317 g/mol. The van der Waals surface area contributed by atoms with E-state index in [0.717, 1.165) is 0 Å².